The molecular weight excluding hydrogens is 697 g/mol. The van der Waals surface area contributed by atoms with Gasteiger partial charge in [0.1, 0.15) is 19.3 Å². The zero-order valence-corrected chi connectivity index (χ0v) is 36.9. The molecule has 1 N–H and O–H groups in total. The first-order chi connectivity index (χ1) is 26.1. The number of likely N-dealkylation sites (N-methyl/N-ethyl adjacent to an activating group) is 1. The molecule has 0 aromatic rings. The van der Waals surface area contributed by atoms with E-state index < -0.39 is 13.9 Å². The molecule has 54 heavy (non-hydrogen) atoms. The number of esters is 1. The third kappa shape index (κ3) is 41.9. The third-order valence-electron chi connectivity index (χ3n) is 9.40. The average molecular weight is 785 g/mol. The lowest BCUT2D eigenvalue weighted by Gasteiger charge is -2.24. The molecule has 0 aliphatic rings. The van der Waals surface area contributed by atoms with Gasteiger partial charge < -0.3 is 18.9 Å². The maximum atomic E-state index is 12.7. The number of hydrogen-bond donors (Lipinski definition) is 1. The number of allylic oxidation sites excluding steroid dienone is 6. The summed E-state index contributed by atoms with van der Waals surface area (Å²) >= 11 is 0. The van der Waals surface area contributed by atoms with Crippen molar-refractivity contribution in [2.45, 2.75) is 193 Å². The van der Waals surface area contributed by atoms with Crippen molar-refractivity contribution in [2.24, 2.45) is 0 Å². The molecule has 0 saturated carbocycles. The molecule has 0 spiro atoms. The highest BCUT2D eigenvalue weighted by atomic mass is 31.2. The molecule has 0 heterocycles. The summed E-state index contributed by atoms with van der Waals surface area (Å²) in [6, 6.07) is 0. The van der Waals surface area contributed by atoms with Crippen molar-refractivity contribution >= 4 is 13.8 Å². The fraction of sp³-hybridized carbons (Fsp3) is 0.844. The van der Waals surface area contributed by atoms with E-state index in [0.717, 1.165) is 64.2 Å². The molecule has 9 heteroatoms. The summed E-state index contributed by atoms with van der Waals surface area (Å²) in [7, 11) is 1.66. The van der Waals surface area contributed by atoms with E-state index in [4.69, 9.17) is 18.5 Å². The summed E-state index contributed by atoms with van der Waals surface area (Å²) < 4.78 is 35.0. The summed E-state index contributed by atoms with van der Waals surface area (Å²) in [6.07, 6.45) is 44.6. The Morgan fingerprint density at radius 1 is 0.574 bits per heavy atom. The zero-order valence-electron chi connectivity index (χ0n) is 36.0. The van der Waals surface area contributed by atoms with Crippen LogP contribution in [-0.4, -0.2) is 75.6 Å². The van der Waals surface area contributed by atoms with Crippen LogP contribution >= 0.6 is 7.82 Å². The molecule has 0 aliphatic carbocycles. The Morgan fingerprint density at radius 2 is 1.06 bits per heavy atom. The van der Waals surface area contributed by atoms with Gasteiger partial charge in [-0.25, -0.2) is 4.57 Å². The first kappa shape index (κ1) is 52.7. The number of phosphoric acid groups is 1. The van der Waals surface area contributed by atoms with Gasteiger partial charge in [-0.1, -0.05) is 153 Å². The van der Waals surface area contributed by atoms with Crippen LogP contribution in [0.4, 0.5) is 0 Å². The van der Waals surface area contributed by atoms with Gasteiger partial charge in [0.2, 0.25) is 0 Å². The smallest absolute Gasteiger partial charge is 0.457 e. The fourth-order valence-electron chi connectivity index (χ4n) is 5.94. The molecule has 0 aromatic heterocycles. The molecule has 0 fully saturated rings. The number of ether oxygens (including phenoxy) is 2. The third-order valence-corrected chi connectivity index (χ3v) is 10.4. The number of unbranched alkanes of at least 4 members (excludes halogenated alkanes) is 21. The van der Waals surface area contributed by atoms with Gasteiger partial charge in [0, 0.05) is 13.0 Å². The van der Waals surface area contributed by atoms with Crippen LogP contribution in [0.3, 0.4) is 0 Å². The standard InChI is InChI=1S/C45H86NO7P/c1-6-8-10-12-14-16-18-20-21-22-23-24-25-27-29-31-33-35-37-40-50-42-44(43-52-54(48,49)51-41-39-46(3,4)5)53-45(47)38-36-34-32-30-28-26-19-17-15-13-11-9-7-2/h11,13,17,19,21-22,44H,6-10,12,14-16,18,20,23-43H2,1-5H3/p+1/b13-11-,19-17-,22-21-. The fourth-order valence-corrected chi connectivity index (χ4v) is 6.68. The predicted molar refractivity (Wildman–Crippen MR) is 229 cm³/mol. The highest BCUT2D eigenvalue weighted by Crippen LogP contribution is 2.43. The SMILES string of the molecule is CCC/C=C\C/C=C\CCCCCCCC(=O)OC(COCCCCCCCCCC/C=C\CCCCCCCCC)COP(=O)(O)OCC[N+](C)(C)C. The van der Waals surface area contributed by atoms with E-state index in [2.05, 4.69) is 50.3 Å². The second-order valence-electron chi connectivity index (χ2n) is 16.1. The molecule has 0 rings (SSSR count). The normalized spacial score (nSPS) is 14.1. The van der Waals surface area contributed by atoms with Gasteiger partial charge in [-0.3, -0.25) is 13.8 Å². The lowest BCUT2D eigenvalue weighted by molar-refractivity contribution is -0.870. The van der Waals surface area contributed by atoms with Crippen molar-refractivity contribution in [3.8, 4) is 0 Å². The summed E-state index contributed by atoms with van der Waals surface area (Å²) in [5.74, 6) is -0.329. The number of phosphoric ester groups is 1. The van der Waals surface area contributed by atoms with E-state index in [1.165, 1.54) is 103 Å². The second kappa shape index (κ2) is 38.6. The number of carbonyl (C=O) groups is 1. The van der Waals surface area contributed by atoms with Crippen molar-refractivity contribution in [3.05, 3.63) is 36.5 Å². The number of nitrogens with zero attached hydrogens (tertiary/aromatic N) is 1. The van der Waals surface area contributed by atoms with Gasteiger partial charge >= 0.3 is 13.8 Å². The number of hydrogen-bond acceptors (Lipinski definition) is 6. The Labute approximate surface area is 334 Å². The summed E-state index contributed by atoms with van der Waals surface area (Å²) in [5, 5.41) is 0. The van der Waals surface area contributed by atoms with Crippen molar-refractivity contribution in [3.63, 3.8) is 0 Å². The topological polar surface area (TPSA) is 91.3 Å². The van der Waals surface area contributed by atoms with E-state index >= 15 is 0 Å². The minimum absolute atomic E-state index is 0.0850. The highest BCUT2D eigenvalue weighted by molar-refractivity contribution is 7.47. The van der Waals surface area contributed by atoms with Crippen LogP contribution in [0.15, 0.2) is 36.5 Å². The van der Waals surface area contributed by atoms with Crippen LogP contribution in [0, 0.1) is 0 Å². The van der Waals surface area contributed by atoms with Crippen molar-refractivity contribution in [1.29, 1.82) is 0 Å². The number of quaternary nitrogens is 1. The highest BCUT2D eigenvalue weighted by Gasteiger charge is 2.26. The predicted octanol–water partition coefficient (Wildman–Crippen LogP) is 13.0. The van der Waals surface area contributed by atoms with Crippen molar-refractivity contribution in [1.82, 2.24) is 0 Å². The maximum absolute atomic E-state index is 12.7. The van der Waals surface area contributed by atoms with E-state index in [1.807, 2.05) is 21.1 Å². The monoisotopic (exact) mass is 785 g/mol. The molecule has 8 nitrogen and oxygen atoms in total. The second-order valence-corrected chi connectivity index (χ2v) is 17.5. The van der Waals surface area contributed by atoms with Crippen LogP contribution < -0.4 is 0 Å². The van der Waals surface area contributed by atoms with Crippen molar-refractivity contribution < 1.29 is 37.3 Å². The molecule has 0 saturated heterocycles. The van der Waals surface area contributed by atoms with Gasteiger partial charge in [-0.2, -0.15) is 0 Å². The van der Waals surface area contributed by atoms with Gasteiger partial charge in [-0.15, -0.1) is 0 Å². The van der Waals surface area contributed by atoms with Crippen LogP contribution in [0.1, 0.15) is 187 Å². The quantitative estimate of drug-likeness (QED) is 0.0217. The molecule has 2 unspecified atom stereocenters. The summed E-state index contributed by atoms with van der Waals surface area (Å²) in [5.41, 5.74) is 0. The van der Waals surface area contributed by atoms with Crippen molar-refractivity contribution in [2.75, 3.05) is 54.1 Å². The first-order valence-corrected chi connectivity index (χ1v) is 23.7. The summed E-state index contributed by atoms with van der Waals surface area (Å²) in [6.45, 7) is 5.54. The van der Waals surface area contributed by atoms with E-state index in [1.54, 1.807) is 0 Å². The number of carbonyl (C=O) groups excluding carboxylic acids is 1. The van der Waals surface area contributed by atoms with Gasteiger partial charge in [0.25, 0.3) is 0 Å². The van der Waals surface area contributed by atoms with Gasteiger partial charge in [-0.05, 0) is 64.2 Å². The van der Waals surface area contributed by atoms with Gasteiger partial charge in [0.15, 0.2) is 0 Å². The largest absolute Gasteiger partial charge is 0.472 e. The first-order valence-electron chi connectivity index (χ1n) is 22.2. The lowest BCUT2D eigenvalue weighted by Crippen LogP contribution is -2.37. The molecule has 2 atom stereocenters. The Morgan fingerprint density at radius 3 is 1.59 bits per heavy atom. The summed E-state index contributed by atoms with van der Waals surface area (Å²) in [4.78, 5) is 22.9. The number of rotatable bonds is 41. The lowest BCUT2D eigenvalue weighted by atomic mass is 10.1. The Bertz CT molecular complexity index is 962. The Kier molecular flexibility index (Phi) is 37.7. The molecule has 0 amide bonds. The van der Waals surface area contributed by atoms with Crippen LogP contribution in [0.5, 0.6) is 0 Å². The van der Waals surface area contributed by atoms with E-state index in [-0.39, 0.29) is 25.8 Å². The minimum Gasteiger partial charge on any atom is -0.457 e. The average Bonchev–Trinajstić information content (AvgIpc) is 3.12. The van der Waals surface area contributed by atoms with E-state index in [9.17, 15) is 14.3 Å². The minimum atomic E-state index is -4.28. The maximum Gasteiger partial charge on any atom is 0.472 e. The Balaban J connectivity index is 4.21. The Hall–Kier alpha value is -1.28. The molecule has 0 bridgehead atoms. The molecular formula is C45H87NO7P+. The van der Waals surface area contributed by atoms with E-state index in [0.29, 0.717) is 24.1 Å². The molecule has 0 aliphatic heterocycles. The molecule has 318 valence electrons. The molecule has 0 aromatic carbocycles. The van der Waals surface area contributed by atoms with Gasteiger partial charge in [0.05, 0.1) is 34.4 Å². The van der Waals surface area contributed by atoms with Crippen LogP contribution in [-0.2, 0) is 27.9 Å². The van der Waals surface area contributed by atoms with Crippen LogP contribution in [0.25, 0.3) is 0 Å². The van der Waals surface area contributed by atoms with Crippen LogP contribution in [0.2, 0.25) is 0 Å². The molecule has 0 radical (unpaired) electrons. The zero-order chi connectivity index (χ0) is 39.9.